The first kappa shape index (κ1) is 12.6. The molecule has 0 saturated carbocycles. The van der Waals surface area contributed by atoms with Crippen LogP contribution >= 0.6 is 11.3 Å². The van der Waals surface area contributed by atoms with Gasteiger partial charge in [0.15, 0.2) is 6.61 Å². The van der Waals surface area contributed by atoms with Gasteiger partial charge in [-0.05, 0) is 35.7 Å². The van der Waals surface area contributed by atoms with Crippen molar-refractivity contribution >= 4 is 17.6 Å². The molecule has 0 amide bonds. The van der Waals surface area contributed by atoms with Crippen molar-refractivity contribution in [2.75, 3.05) is 0 Å². The Morgan fingerprint density at radius 2 is 2.10 bits per heavy atom. The van der Waals surface area contributed by atoms with Crippen molar-refractivity contribution in [1.29, 1.82) is 0 Å². The summed E-state index contributed by atoms with van der Waals surface area (Å²) in [7, 11) is 0. The normalized spacial score (nSPS) is 10.4. The quantitative estimate of drug-likeness (QED) is 0.674. The molecular formula is C14H10N2O3S. The zero-order valence-electron chi connectivity index (χ0n) is 10.4. The first-order valence-corrected chi connectivity index (χ1v) is 6.82. The highest BCUT2D eigenvalue weighted by atomic mass is 32.1. The van der Waals surface area contributed by atoms with Crippen molar-refractivity contribution in [2.45, 2.75) is 6.61 Å². The molecule has 2 aromatic heterocycles. The minimum absolute atomic E-state index is 0.216. The van der Waals surface area contributed by atoms with Crippen LogP contribution in [0.2, 0.25) is 0 Å². The number of carbonyl (C=O) groups is 1. The van der Waals surface area contributed by atoms with E-state index in [1.165, 1.54) is 0 Å². The Labute approximate surface area is 118 Å². The predicted molar refractivity (Wildman–Crippen MR) is 73.8 cm³/mol. The van der Waals surface area contributed by atoms with Crippen molar-refractivity contribution in [2.24, 2.45) is 0 Å². The zero-order valence-corrected chi connectivity index (χ0v) is 11.2. The van der Waals surface area contributed by atoms with E-state index in [1.807, 2.05) is 16.8 Å². The van der Waals surface area contributed by atoms with Gasteiger partial charge in [0.05, 0.1) is 5.56 Å². The van der Waals surface area contributed by atoms with Crippen LogP contribution in [0.15, 0.2) is 45.6 Å². The minimum atomic E-state index is 0.216. The molecule has 0 spiro atoms. The Kier molecular flexibility index (Phi) is 3.56. The van der Waals surface area contributed by atoms with Crippen molar-refractivity contribution < 1.29 is 14.1 Å². The molecule has 3 rings (SSSR count). The number of thiophene rings is 1. The van der Waals surface area contributed by atoms with Crippen LogP contribution in [-0.2, 0) is 6.61 Å². The third-order valence-corrected chi connectivity index (χ3v) is 3.30. The van der Waals surface area contributed by atoms with Gasteiger partial charge in [-0.25, -0.2) is 0 Å². The fraction of sp³-hybridized carbons (Fsp3) is 0.0714. The van der Waals surface area contributed by atoms with Gasteiger partial charge in [-0.2, -0.15) is 16.3 Å². The Morgan fingerprint density at radius 1 is 1.25 bits per heavy atom. The Hall–Kier alpha value is -2.47. The van der Waals surface area contributed by atoms with Crippen molar-refractivity contribution in [3.63, 3.8) is 0 Å². The van der Waals surface area contributed by atoms with Crippen LogP contribution in [0.25, 0.3) is 11.5 Å². The van der Waals surface area contributed by atoms with Crippen LogP contribution in [0.3, 0.4) is 0 Å². The molecule has 2 heterocycles. The Morgan fingerprint density at radius 3 is 2.80 bits per heavy atom. The second kappa shape index (κ2) is 5.66. The summed E-state index contributed by atoms with van der Waals surface area (Å²) in [6.07, 6.45) is 0.788. The zero-order chi connectivity index (χ0) is 13.8. The molecule has 0 atom stereocenters. The summed E-state index contributed by atoms with van der Waals surface area (Å²) in [6, 6.07) is 8.75. The molecule has 0 radical (unpaired) electrons. The highest BCUT2D eigenvalue weighted by Gasteiger charge is 2.09. The number of aromatic nitrogens is 2. The van der Waals surface area contributed by atoms with E-state index in [9.17, 15) is 4.79 Å². The molecule has 1 aromatic carbocycles. The topological polar surface area (TPSA) is 65.2 Å². The highest BCUT2D eigenvalue weighted by molar-refractivity contribution is 7.08. The van der Waals surface area contributed by atoms with E-state index in [1.54, 1.807) is 35.6 Å². The smallest absolute Gasteiger partial charge is 0.258 e. The van der Waals surface area contributed by atoms with Gasteiger partial charge >= 0.3 is 0 Å². The summed E-state index contributed by atoms with van der Waals surface area (Å²) in [5.41, 5.74) is 1.51. The van der Waals surface area contributed by atoms with E-state index in [-0.39, 0.29) is 6.61 Å². The molecule has 0 aliphatic heterocycles. The van der Waals surface area contributed by atoms with Crippen LogP contribution in [0.5, 0.6) is 5.75 Å². The molecule has 3 aromatic rings. The summed E-state index contributed by atoms with van der Waals surface area (Å²) in [5.74, 6) is 1.62. The number of carbonyl (C=O) groups excluding carboxylic acids is 1. The van der Waals surface area contributed by atoms with Crippen molar-refractivity contribution in [3.8, 4) is 17.2 Å². The van der Waals surface area contributed by atoms with E-state index >= 15 is 0 Å². The second-order valence-corrected chi connectivity index (χ2v) is 4.78. The van der Waals surface area contributed by atoms with E-state index in [4.69, 9.17) is 9.26 Å². The van der Waals surface area contributed by atoms with E-state index in [0.717, 1.165) is 11.8 Å². The van der Waals surface area contributed by atoms with Crippen LogP contribution in [-0.4, -0.2) is 16.4 Å². The van der Waals surface area contributed by atoms with Gasteiger partial charge in [0.2, 0.25) is 5.82 Å². The number of hydrogen-bond acceptors (Lipinski definition) is 6. The maximum absolute atomic E-state index is 10.5. The molecule has 0 saturated heterocycles. The lowest BCUT2D eigenvalue weighted by molar-refractivity contribution is 0.112. The predicted octanol–water partition coefficient (Wildman–Crippen LogP) is 3.19. The molecule has 0 aliphatic carbocycles. The average molecular weight is 286 g/mol. The monoisotopic (exact) mass is 286 g/mol. The lowest BCUT2D eigenvalue weighted by Gasteiger charge is -2.02. The molecule has 100 valence electrons. The Bertz CT molecular complexity index is 690. The third-order valence-electron chi connectivity index (χ3n) is 2.62. The molecule has 0 aliphatic rings. The number of rotatable bonds is 5. The SMILES string of the molecule is O=Cc1ccc(OCc2noc(-c3ccsc3)n2)cc1. The first-order chi connectivity index (χ1) is 9.85. The number of benzene rings is 1. The van der Waals surface area contributed by atoms with Gasteiger partial charge in [0.25, 0.3) is 5.89 Å². The van der Waals surface area contributed by atoms with Gasteiger partial charge in [-0.15, -0.1) is 0 Å². The van der Waals surface area contributed by atoms with Crippen LogP contribution in [0.4, 0.5) is 0 Å². The van der Waals surface area contributed by atoms with Gasteiger partial charge in [0, 0.05) is 10.9 Å². The first-order valence-electron chi connectivity index (χ1n) is 5.88. The van der Waals surface area contributed by atoms with Gasteiger partial charge in [-0.3, -0.25) is 4.79 Å². The molecule has 0 N–H and O–H groups in total. The van der Waals surface area contributed by atoms with Crippen molar-refractivity contribution in [1.82, 2.24) is 10.1 Å². The second-order valence-electron chi connectivity index (χ2n) is 4.00. The van der Waals surface area contributed by atoms with E-state index in [2.05, 4.69) is 10.1 Å². The summed E-state index contributed by atoms with van der Waals surface area (Å²) >= 11 is 1.57. The average Bonchev–Trinajstić information content (AvgIpc) is 3.16. The molecule has 5 nitrogen and oxygen atoms in total. The largest absolute Gasteiger partial charge is 0.485 e. The summed E-state index contributed by atoms with van der Waals surface area (Å²) in [6.45, 7) is 0.216. The minimum Gasteiger partial charge on any atom is -0.485 e. The van der Waals surface area contributed by atoms with E-state index in [0.29, 0.717) is 23.0 Å². The molecular weight excluding hydrogens is 276 g/mol. The number of ether oxygens (including phenoxy) is 1. The molecule has 0 bridgehead atoms. The van der Waals surface area contributed by atoms with Gasteiger partial charge in [-0.1, -0.05) is 5.16 Å². The maximum atomic E-state index is 10.5. The summed E-state index contributed by atoms with van der Waals surface area (Å²) in [5, 5.41) is 7.75. The van der Waals surface area contributed by atoms with Crippen molar-refractivity contribution in [3.05, 3.63) is 52.5 Å². The number of nitrogens with zero attached hydrogens (tertiary/aromatic N) is 2. The number of aldehydes is 1. The maximum Gasteiger partial charge on any atom is 0.258 e. The van der Waals surface area contributed by atoms with Gasteiger partial charge in [0.1, 0.15) is 12.0 Å². The summed E-state index contributed by atoms with van der Waals surface area (Å²) in [4.78, 5) is 14.8. The fourth-order valence-corrected chi connectivity index (χ4v) is 2.24. The lowest BCUT2D eigenvalue weighted by Crippen LogP contribution is -1.97. The third kappa shape index (κ3) is 2.75. The molecule has 0 unspecified atom stereocenters. The Balaban J connectivity index is 1.64. The van der Waals surface area contributed by atoms with E-state index < -0.39 is 0 Å². The standard InChI is InChI=1S/C14H10N2O3S/c17-7-10-1-3-12(4-2-10)18-8-13-15-14(19-16-13)11-5-6-20-9-11/h1-7,9H,8H2. The lowest BCUT2D eigenvalue weighted by atomic mass is 10.2. The molecule has 6 heteroatoms. The molecule has 0 fully saturated rings. The molecule has 20 heavy (non-hydrogen) atoms. The summed E-state index contributed by atoms with van der Waals surface area (Å²) < 4.78 is 10.7. The van der Waals surface area contributed by atoms with Gasteiger partial charge < -0.3 is 9.26 Å². The highest BCUT2D eigenvalue weighted by Crippen LogP contribution is 2.20. The number of hydrogen-bond donors (Lipinski definition) is 0. The van der Waals surface area contributed by atoms with Crippen LogP contribution < -0.4 is 4.74 Å². The van der Waals surface area contributed by atoms with Crippen LogP contribution in [0.1, 0.15) is 16.2 Å². The fourth-order valence-electron chi connectivity index (χ4n) is 1.61. The van der Waals surface area contributed by atoms with Crippen LogP contribution in [0, 0.1) is 0 Å².